The number of rotatable bonds is 7. The first kappa shape index (κ1) is 26.2. The highest BCUT2D eigenvalue weighted by molar-refractivity contribution is 7.97. The molecule has 1 saturated heterocycles. The van der Waals surface area contributed by atoms with Gasteiger partial charge in [0.15, 0.2) is 5.78 Å². The Hall–Kier alpha value is -4.39. The quantitative estimate of drug-likeness (QED) is 0.313. The predicted molar refractivity (Wildman–Crippen MR) is 157 cm³/mol. The van der Waals surface area contributed by atoms with E-state index >= 15 is 0 Å². The molecule has 1 heterocycles. The molecule has 0 saturated carbocycles. The lowest BCUT2D eigenvalue weighted by Gasteiger charge is -2.31. The summed E-state index contributed by atoms with van der Waals surface area (Å²) < 4.78 is 5.60. The fraction of sp³-hybridized carbons (Fsp3) is 0.152. The second-order valence-corrected chi connectivity index (χ2v) is 12.7. The normalized spacial score (nSPS) is 14.8. The first-order valence-electron chi connectivity index (χ1n) is 13.0. The van der Waals surface area contributed by atoms with Gasteiger partial charge in [-0.15, -0.1) is 0 Å². The van der Waals surface area contributed by atoms with Gasteiger partial charge in [0.25, 0.3) is 0 Å². The summed E-state index contributed by atoms with van der Waals surface area (Å²) in [6.45, 7) is -2.33. The van der Waals surface area contributed by atoms with E-state index in [1.165, 1.54) is 4.90 Å². The topological polar surface area (TPSA) is 70.4 Å². The summed E-state index contributed by atoms with van der Waals surface area (Å²) >= 11 is 0. The number of likely N-dealkylation sites (tertiary alicyclic amines) is 1. The maximum atomic E-state index is 14.5. The van der Waals surface area contributed by atoms with Crippen LogP contribution in [0.3, 0.4) is 0 Å². The predicted octanol–water partition coefficient (Wildman–Crippen LogP) is 5.05. The van der Waals surface area contributed by atoms with Gasteiger partial charge < -0.3 is 4.74 Å². The van der Waals surface area contributed by atoms with Gasteiger partial charge in [-0.3, -0.25) is 9.69 Å². The molecule has 5 nitrogen and oxygen atoms in total. The molecular formula is C33H29N2O3P. The molecule has 0 radical (unpaired) electrons. The lowest BCUT2D eigenvalue weighted by molar-refractivity contribution is -0.116. The van der Waals surface area contributed by atoms with Crippen LogP contribution in [-0.2, 0) is 16.1 Å². The maximum Gasteiger partial charge on any atom is 0.410 e. The number of nitriles is 1. The number of ketones is 1. The molecule has 1 fully saturated rings. The zero-order chi connectivity index (χ0) is 27.1. The Balaban J connectivity index is 1.64. The van der Waals surface area contributed by atoms with E-state index in [1.807, 2.05) is 121 Å². The van der Waals surface area contributed by atoms with Crippen molar-refractivity contribution in [3.63, 3.8) is 0 Å². The summed E-state index contributed by atoms with van der Waals surface area (Å²) in [6, 6.07) is 40.5. The Morgan fingerprint density at radius 3 is 1.69 bits per heavy atom. The van der Waals surface area contributed by atoms with Gasteiger partial charge in [-0.25, -0.2) is 4.79 Å². The lowest BCUT2D eigenvalue weighted by Crippen LogP contribution is -2.45. The number of carbonyl (C=O) groups excluding carboxylic acids is 2. The molecule has 0 spiro atoms. The highest BCUT2D eigenvalue weighted by Gasteiger charge is 2.41. The Bertz CT molecular complexity index is 1430. The van der Waals surface area contributed by atoms with E-state index in [4.69, 9.17) is 4.74 Å². The molecule has 194 valence electrons. The van der Waals surface area contributed by atoms with E-state index in [0.717, 1.165) is 21.5 Å². The van der Waals surface area contributed by atoms with Gasteiger partial charge in [-0.05, 0) is 41.2 Å². The summed E-state index contributed by atoms with van der Waals surface area (Å²) in [5.74, 6) is -0.309. The van der Waals surface area contributed by atoms with Crippen LogP contribution >= 0.6 is 6.89 Å². The van der Waals surface area contributed by atoms with Gasteiger partial charge in [-0.2, -0.15) is 5.26 Å². The van der Waals surface area contributed by atoms with Crippen molar-refractivity contribution in [1.82, 2.24) is 4.90 Å². The van der Waals surface area contributed by atoms with Gasteiger partial charge in [0.2, 0.25) is 0 Å². The molecule has 0 aliphatic carbocycles. The first-order chi connectivity index (χ1) is 19.2. The molecular weight excluding hydrogens is 503 g/mol. The molecule has 1 amide bonds. The second-order valence-electron chi connectivity index (χ2n) is 9.39. The Morgan fingerprint density at radius 2 is 1.23 bits per heavy atom. The number of hydrogen-bond donors (Lipinski definition) is 0. The minimum atomic E-state index is -2.86. The van der Waals surface area contributed by atoms with Crippen molar-refractivity contribution < 1.29 is 14.3 Å². The van der Waals surface area contributed by atoms with Crippen LogP contribution in [0.2, 0.25) is 0 Å². The lowest BCUT2D eigenvalue weighted by atomic mass is 10.1. The third-order valence-electron chi connectivity index (χ3n) is 7.10. The third-order valence-corrected chi connectivity index (χ3v) is 11.3. The smallest absolute Gasteiger partial charge is 0.410 e. The average molecular weight is 533 g/mol. The van der Waals surface area contributed by atoms with Crippen LogP contribution in [0.5, 0.6) is 0 Å². The first-order valence-corrected chi connectivity index (χ1v) is 14.8. The Kier molecular flexibility index (Phi) is 8.06. The van der Waals surface area contributed by atoms with Crippen molar-refractivity contribution in [3.05, 3.63) is 127 Å². The molecule has 6 heteroatoms. The molecule has 0 unspecified atom stereocenters. The molecule has 39 heavy (non-hydrogen) atoms. The van der Waals surface area contributed by atoms with Gasteiger partial charge >= 0.3 is 6.09 Å². The molecule has 4 aromatic carbocycles. The largest absolute Gasteiger partial charge is 0.445 e. The number of carbonyl (C=O) groups is 2. The minimum Gasteiger partial charge on any atom is -0.445 e. The van der Waals surface area contributed by atoms with Gasteiger partial charge in [0, 0.05) is 6.54 Å². The van der Waals surface area contributed by atoms with Crippen molar-refractivity contribution in [2.75, 3.05) is 6.54 Å². The summed E-state index contributed by atoms with van der Waals surface area (Å²) in [5, 5.41) is 13.7. The molecule has 1 atom stereocenters. The fourth-order valence-corrected chi connectivity index (χ4v) is 9.46. The van der Waals surface area contributed by atoms with Crippen LogP contribution in [0.15, 0.2) is 121 Å². The molecule has 0 N–H and O–H groups in total. The van der Waals surface area contributed by atoms with Crippen molar-refractivity contribution in [3.8, 4) is 6.07 Å². The second kappa shape index (κ2) is 12.0. The van der Waals surface area contributed by atoms with E-state index in [9.17, 15) is 14.9 Å². The van der Waals surface area contributed by atoms with Crippen molar-refractivity contribution in [2.24, 2.45) is 0 Å². The Morgan fingerprint density at radius 1 is 0.769 bits per heavy atom. The monoisotopic (exact) mass is 532 g/mol. The van der Waals surface area contributed by atoms with Crippen LogP contribution < -0.4 is 15.9 Å². The molecule has 1 aliphatic rings. The summed E-state index contributed by atoms with van der Waals surface area (Å²) in [5.41, 5.74) is 0.874. The van der Waals surface area contributed by atoms with Gasteiger partial charge in [0.1, 0.15) is 18.0 Å². The molecule has 0 bridgehead atoms. The van der Waals surface area contributed by atoms with E-state index < -0.39 is 19.0 Å². The molecule has 4 aromatic rings. The van der Waals surface area contributed by atoms with Crippen LogP contribution in [-0.4, -0.2) is 34.7 Å². The fourth-order valence-electron chi connectivity index (χ4n) is 5.30. The van der Waals surface area contributed by atoms with E-state index in [0.29, 0.717) is 19.4 Å². The highest BCUT2D eigenvalue weighted by atomic mass is 31.2. The SMILES string of the molecule is N#CC(C(=O)[C@@H]1CCCN1C(=O)OCc1ccccc1)=P(c1ccccc1)(c1ccccc1)c1ccccc1. The zero-order valence-electron chi connectivity index (χ0n) is 21.5. The summed E-state index contributed by atoms with van der Waals surface area (Å²) in [6.07, 6.45) is 0.626. The number of benzene rings is 4. The van der Waals surface area contributed by atoms with Crippen LogP contribution in [0.1, 0.15) is 18.4 Å². The zero-order valence-corrected chi connectivity index (χ0v) is 22.4. The highest BCUT2D eigenvalue weighted by Crippen LogP contribution is 2.46. The van der Waals surface area contributed by atoms with Crippen molar-refractivity contribution in [1.29, 1.82) is 5.26 Å². The summed E-state index contributed by atoms with van der Waals surface area (Å²) in [7, 11) is 0. The standard InChI is InChI=1S/C33H29N2O3P/c34-24-31(32(36)30-22-13-23-35(30)33(37)38-25-26-14-5-1-6-15-26)39(27-16-7-2-8-17-27,28-18-9-3-10-19-28)29-20-11-4-12-21-29/h1-12,14-21,30H,13,22-23,25H2/t30-/m0/s1. The number of hydrogen-bond acceptors (Lipinski definition) is 4. The number of amides is 1. The Labute approximate surface area is 229 Å². The summed E-state index contributed by atoms with van der Waals surface area (Å²) in [4.78, 5) is 29.1. The molecule has 1 aliphatic heterocycles. The molecule has 5 rings (SSSR count). The number of nitrogens with zero attached hydrogens (tertiary/aromatic N) is 2. The van der Waals surface area contributed by atoms with Crippen molar-refractivity contribution >= 4 is 40.0 Å². The number of ether oxygens (including phenoxy) is 1. The van der Waals surface area contributed by atoms with E-state index in [2.05, 4.69) is 6.07 Å². The molecule has 0 aromatic heterocycles. The van der Waals surface area contributed by atoms with Crippen LogP contribution in [0.25, 0.3) is 0 Å². The van der Waals surface area contributed by atoms with Crippen LogP contribution in [0.4, 0.5) is 4.79 Å². The van der Waals surface area contributed by atoms with Crippen LogP contribution in [0, 0.1) is 11.3 Å². The van der Waals surface area contributed by atoms with Gasteiger partial charge in [-0.1, -0.05) is 121 Å². The third kappa shape index (κ3) is 5.17. The maximum absolute atomic E-state index is 14.5. The number of Topliss-reactive ketones (excluding diaryl/α,β-unsaturated/α-hetero) is 1. The van der Waals surface area contributed by atoms with Gasteiger partial charge in [0.05, 0.1) is 6.04 Å². The van der Waals surface area contributed by atoms with Crippen molar-refractivity contribution in [2.45, 2.75) is 25.5 Å². The average Bonchev–Trinajstić information content (AvgIpc) is 3.51. The minimum absolute atomic E-state index is 0.126. The van der Waals surface area contributed by atoms with E-state index in [-0.39, 0.29) is 17.7 Å². The van der Waals surface area contributed by atoms with E-state index in [1.54, 1.807) is 0 Å².